The summed E-state index contributed by atoms with van der Waals surface area (Å²) in [6.45, 7) is 2.06. The van der Waals surface area contributed by atoms with Gasteiger partial charge in [0.15, 0.2) is 16.7 Å². The summed E-state index contributed by atoms with van der Waals surface area (Å²) in [6.07, 6.45) is 0.801. The molecule has 3 N–H and O–H groups in total. The van der Waals surface area contributed by atoms with Crippen LogP contribution < -0.4 is 30.2 Å². The number of nitrogens with two attached hydrogens (primary N) is 1. The number of sulfonamides is 1. The maximum Gasteiger partial charge on any atom is 0.262 e. The molecular weight excluding hydrogens is 616 g/mol. The van der Waals surface area contributed by atoms with E-state index in [0.717, 1.165) is 17.3 Å². The van der Waals surface area contributed by atoms with Crippen LogP contribution in [0.1, 0.15) is 18.9 Å². The number of amides is 1. The lowest BCUT2D eigenvalue weighted by Crippen LogP contribution is -2.29. The zero-order chi connectivity index (χ0) is 31.3. The number of aromatic nitrogens is 2. The molecule has 3 aromatic carbocycles. The molecule has 0 saturated heterocycles. The van der Waals surface area contributed by atoms with Crippen LogP contribution in [0.25, 0.3) is 10.9 Å². The standard InChI is InChI=1S/C29H31ClN4O7S2/c1-5-26(27(35)32-22-14-18(30)8-11-23(22)39-2)42-29-33-21-16-25(41-4)24(40-3)15-20(21)28(36)34(29)13-12-17-6-9-19(10-7-17)43(31,37)38/h6-11,14-16,26H,5,12-13H2,1-4H3,(H,32,35)(H2,31,37,38). The maximum atomic E-state index is 13.9. The zero-order valence-corrected chi connectivity index (χ0v) is 26.3. The van der Waals surface area contributed by atoms with Crippen LogP contribution in [0.15, 0.2) is 69.4 Å². The summed E-state index contributed by atoms with van der Waals surface area (Å²) in [7, 11) is 0.626. The van der Waals surface area contributed by atoms with E-state index in [2.05, 4.69) is 5.32 Å². The van der Waals surface area contributed by atoms with Crippen molar-refractivity contribution in [2.75, 3.05) is 26.6 Å². The van der Waals surface area contributed by atoms with Gasteiger partial charge in [0, 0.05) is 17.6 Å². The molecule has 0 aliphatic heterocycles. The number of anilines is 1. The van der Waals surface area contributed by atoms with E-state index in [4.69, 9.17) is 35.9 Å². The molecule has 0 fully saturated rings. The van der Waals surface area contributed by atoms with Crippen molar-refractivity contribution >= 4 is 55.9 Å². The number of rotatable bonds is 12. The summed E-state index contributed by atoms with van der Waals surface area (Å²) in [4.78, 5) is 32.0. The van der Waals surface area contributed by atoms with Gasteiger partial charge in [0.1, 0.15) is 5.75 Å². The lowest BCUT2D eigenvalue weighted by Gasteiger charge is -2.19. The number of carbonyl (C=O) groups excluding carboxylic acids is 1. The molecule has 14 heteroatoms. The third kappa shape index (κ3) is 7.42. The fourth-order valence-corrected chi connectivity index (χ4v) is 6.07. The zero-order valence-electron chi connectivity index (χ0n) is 23.9. The molecule has 1 aromatic heterocycles. The molecule has 0 spiro atoms. The Morgan fingerprint density at radius 2 is 1.67 bits per heavy atom. The normalized spacial score (nSPS) is 12.1. The molecule has 1 amide bonds. The third-order valence-electron chi connectivity index (χ3n) is 6.63. The highest BCUT2D eigenvalue weighted by Gasteiger charge is 2.24. The molecule has 4 aromatic rings. The number of hydrogen-bond acceptors (Lipinski definition) is 9. The van der Waals surface area contributed by atoms with Gasteiger partial charge in [0.2, 0.25) is 15.9 Å². The highest BCUT2D eigenvalue weighted by molar-refractivity contribution is 8.00. The molecule has 0 aliphatic rings. The monoisotopic (exact) mass is 646 g/mol. The summed E-state index contributed by atoms with van der Waals surface area (Å²) in [6, 6.07) is 14.2. The van der Waals surface area contributed by atoms with Crippen LogP contribution in [0.4, 0.5) is 5.69 Å². The van der Waals surface area contributed by atoms with Crippen molar-refractivity contribution in [2.24, 2.45) is 5.14 Å². The van der Waals surface area contributed by atoms with E-state index in [1.165, 1.54) is 38.0 Å². The van der Waals surface area contributed by atoms with Gasteiger partial charge in [-0.3, -0.25) is 14.2 Å². The Balaban J connectivity index is 1.73. The molecule has 0 bridgehead atoms. The number of carbonyl (C=O) groups is 1. The Labute approximate surface area is 258 Å². The van der Waals surface area contributed by atoms with Gasteiger partial charge in [-0.2, -0.15) is 0 Å². The van der Waals surface area contributed by atoms with Crippen LogP contribution in [0.5, 0.6) is 17.2 Å². The first-order valence-electron chi connectivity index (χ1n) is 13.1. The van der Waals surface area contributed by atoms with Crippen molar-refractivity contribution in [1.29, 1.82) is 0 Å². The number of nitrogens with one attached hydrogen (secondary N) is 1. The summed E-state index contributed by atoms with van der Waals surface area (Å²) in [5.74, 6) is 0.914. The van der Waals surface area contributed by atoms with E-state index in [1.54, 1.807) is 42.5 Å². The second-order valence-corrected chi connectivity index (χ2v) is 12.5. The number of fused-ring (bicyclic) bond motifs is 1. The van der Waals surface area contributed by atoms with Crippen molar-refractivity contribution in [3.05, 3.63) is 75.5 Å². The average molecular weight is 647 g/mol. The third-order valence-corrected chi connectivity index (χ3v) is 9.15. The van der Waals surface area contributed by atoms with Crippen LogP contribution in [-0.4, -0.2) is 50.5 Å². The molecule has 4 rings (SSSR count). The minimum absolute atomic E-state index is 0.00814. The Kier molecular flexibility index (Phi) is 10.2. The molecule has 11 nitrogen and oxygen atoms in total. The first-order chi connectivity index (χ1) is 20.5. The van der Waals surface area contributed by atoms with Crippen LogP contribution >= 0.6 is 23.4 Å². The number of nitrogens with zero attached hydrogens (tertiary/aromatic N) is 2. The molecule has 0 saturated carbocycles. The number of hydrogen-bond donors (Lipinski definition) is 2. The summed E-state index contributed by atoms with van der Waals surface area (Å²) >= 11 is 7.29. The van der Waals surface area contributed by atoms with Crippen molar-refractivity contribution in [1.82, 2.24) is 9.55 Å². The fraction of sp³-hybridized carbons (Fsp3) is 0.276. The highest BCUT2D eigenvalue weighted by Crippen LogP contribution is 2.33. The Morgan fingerprint density at radius 1 is 1.02 bits per heavy atom. The Hall–Kier alpha value is -3.78. The van der Waals surface area contributed by atoms with Crippen LogP contribution in [-0.2, 0) is 27.8 Å². The van der Waals surface area contributed by atoms with Gasteiger partial charge in [0.25, 0.3) is 5.56 Å². The number of methoxy groups -OCH3 is 3. The molecule has 0 radical (unpaired) electrons. The minimum Gasteiger partial charge on any atom is -0.495 e. The van der Waals surface area contributed by atoms with E-state index >= 15 is 0 Å². The van der Waals surface area contributed by atoms with Crippen LogP contribution in [0, 0.1) is 0 Å². The summed E-state index contributed by atoms with van der Waals surface area (Å²) in [5, 5.41) is 8.53. The molecule has 0 aliphatic carbocycles. The molecule has 228 valence electrons. The Bertz CT molecular complexity index is 1810. The lowest BCUT2D eigenvalue weighted by molar-refractivity contribution is -0.115. The summed E-state index contributed by atoms with van der Waals surface area (Å²) in [5.41, 5.74) is 1.25. The van der Waals surface area contributed by atoms with Crippen LogP contribution in [0.2, 0.25) is 5.02 Å². The predicted molar refractivity (Wildman–Crippen MR) is 167 cm³/mol. The number of benzene rings is 3. The van der Waals surface area contributed by atoms with Gasteiger partial charge in [-0.25, -0.2) is 18.5 Å². The van der Waals surface area contributed by atoms with Gasteiger partial charge in [-0.1, -0.05) is 42.4 Å². The largest absolute Gasteiger partial charge is 0.495 e. The summed E-state index contributed by atoms with van der Waals surface area (Å²) < 4.78 is 41.0. The van der Waals surface area contributed by atoms with Gasteiger partial charge in [0.05, 0.1) is 48.1 Å². The first kappa shape index (κ1) is 32.1. The van der Waals surface area contributed by atoms with Crippen molar-refractivity contribution in [3.63, 3.8) is 0 Å². The lowest BCUT2D eigenvalue weighted by atomic mass is 10.1. The number of thioether (sulfide) groups is 1. The maximum absolute atomic E-state index is 13.9. The smallest absolute Gasteiger partial charge is 0.262 e. The van der Waals surface area contributed by atoms with E-state index in [0.29, 0.717) is 56.9 Å². The molecular formula is C29H31ClN4O7S2. The van der Waals surface area contributed by atoms with Crippen molar-refractivity contribution < 1.29 is 27.4 Å². The second-order valence-electron chi connectivity index (χ2n) is 9.36. The predicted octanol–water partition coefficient (Wildman–Crippen LogP) is 4.48. The number of aryl methyl sites for hydroxylation is 1. The van der Waals surface area contributed by atoms with Gasteiger partial charge >= 0.3 is 0 Å². The number of halogens is 1. The topological polar surface area (TPSA) is 152 Å². The quantitative estimate of drug-likeness (QED) is 0.168. The SMILES string of the molecule is CCC(Sc1nc2cc(OC)c(OC)cc2c(=O)n1CCc1ccc(S(N)(=O)=O)cc1)C(=O)Nc1cc(Cl)ccc1OC. The molecule has 43 heavy (non-hydrogen) atoms. The Morgan fingerprint density at radius 3 is 2.28 bits per heavy atom. The number of ether oxygens (including phenoxy) is 3. The highest BCUT2D eigenvalue weighted by atomic mass is 35.5. The van der Waals surface area contributed by atoms with E-state index in [1.807, 2.05) is 6.92 Å². The first-order valence-corrected chi connectivity index (χ1v) is 15.9. The van der Waals surface area contributed by atoms with Gasteiger partial charge < -0.3 is 19.5 Å². The van der Waals surface area contributed by atoms with Crippen molar-refractivity contribution in [2.45, 2.75) is 41.6 Å². The average Bonchev–Trinajstić information content (AvgIpc) is 2.98. The van der Waals surface area contributed by atoms with Gasteiger partial charge in [-0.05, 0) is 54.8 Å². The minimum atomic E-state index is -3.83. The van der Waals surface area contributed by atoms with Crippen LogP contribution in [0.3, 0.4) is 0 Å². The van der Waals surface area contributed by atoms with Crippen molar-refractivity contribution in [3.8, 4) is 17.2 Å². The van der Waals surface area contributed by atoms with Gasteiger partial charge in [-0.15, -0.1) is 0 Å². The van der Waals surface area contributed by atoms with E-state index < -0.39 is 15.3 Å². The number of primary sulfonamides is 1. The second kappa shape index (κ2) is 13.7. The fourth-order valence-electron chi connectivity index (χ4n) is 4.34. The molecule has 1 atom stereocenters. The molecule has 1 heterocycles. The van der Waals surface area contributed by atoms with E-state index in [-0.39, 0.29) is 22.9 Å². The van der Waals surface area contributed by atoms with E-state index in [9.17, 15) is 18.0 Å². The molecule has 1 unspecified atom stereocenters.